The van der Waals surface area contributed by atoms with Gasteiger partial charge in [0, 0.05) is 5.02 Å². The molecule has 0 atom stereocenters. The molecule has 0 radical (unpaired) electrons. The Morgan fingerprint density at radius 2 is 1.77 bits per heavy atom. The van der Waals surface area contributed by atoms with Gasteiger partial charge in [-0.15, -0.1) is 0 Å². The molecule has 0 aliphatic rings. The Kier molecular flexibility index (Phi) is 5.69. The summed E-state index contributed by atoms with van der Waals surface area (Å²) in [6.45, 7) is 4.63. The van der Waals surface area contributed by atoms with Gasteiger partial charge in [-0.1, -0.05) is 35.3 Å². The number of hydrogen-bond acceptors (Lipinski definition) is 2. The molecule has 0 aliphatic heterocycles. The molecule has 0 aliphatic carbocycles. The van der Waals surface area contributed by atoms with Gasteiger partial charge in [0.15, 0.2) is 0 Å². The lowest BCUT2D eigenvalue weighted by atomic mass is 10.1. The van der Waals surface area contributed by atoms with Gasteiger partial charge in [0.25, 0.3) is 5.91 Å². The van der Waals surface area contributed by atoms with Crippen molar-refractivity contribution < 1.29 is 9.53 Å². The lowest BCUT2D eigenvalue weighted by Crippen LogP contribution is -2.28. The second-order valence-electron chi connectivity index (χ2n) is 4.96. The van der Waals surface area contributed by atoms with Crippen molar-refractivity contribution in [2.75, 3.05) is 13.2 Å². The summed E-state index contributed by atoms with van der Waals surface area (Å²) in [6.07, 6.45) is 0. The summed E-state index contributed by atoms with van der Waals surface area (Å²) in [7, 11) is 0. The standard InChI is InChI=1S/C17H17Cl2NO2/c1-11-9-13(10-12(2)16(11)19)22-8-7-20-17(21)14-5-3-4-6-15(14)18/h3-6,9-10H,7-8H2,1-2H3,(H,20,21). The Morgan fingerprint density at radius 3 is 2.41 bits per heavy atom. The third-order valence-corrected chi connectivity index (χ3v) is 4.11. The van der Waals surface area contributed by atoms with Crippen molar-refractivity contribution in [1.82, 2.24) is 5.32 Å². The van der Waals surface area contributed by atoms with Crippen LogP contribution >= 0.6 is 23.2 Å². The number of carbonyl (C=O) groups is 1. The number of ether oxygens (including phenoxy) is 1. The van der Waals surface area contributed by atoms with Crippen molar-refractivity contribution in [3.63, 3.8) is 0 Å². The van der Waals surface area contributed by atoms with E-state index >= 15 is 0 Å². The molecule has 0 fully saturated rings. The number of aryl methyl sites for hydroxylation is 2. The van der Waals surface area contributed by atoms with Crippen LogP contribution in [0.5, 0.6) is 5.75 Å². The summed E-state index contributed by atoms with van der Waals surface area (Å²) in [5.41, 5.74) is 2.40. The van der Waals surface area contributed by atoms with Crippen LogP contribution in [0.1, 0.15) is 21.5 Å². The van der Waals surface area contributed by atoms with Crippen LogP contribution in [0.3, 0.4) is 0 Å². The van der Waals surface area contributed by atoms with Crippen LogP contribution in [0, 0.1) is 13.8 Å². The fraction of sp³-hybridized carbons (Fsp3) is 0.235. The molecule has 0 saturated carbocycles. The number of amides is 1. The quantitative estimate of drug-likeness (QED) is 0.820. The van der Waals surface area contributed by atoms with Crippen LogP contribution in [0.15, 0.2) is 36.4 Å². The first kappa shape index (κ1) is 16.7. The molecule has 1 amide bonds. The molecule has 0 aromatic heterocycles. The molecule has 1 N–H and O–H groups in total. The van der Waals surface area contributed by atoms with Gasteiger partial charge in [0.05, 0.1) is 17.1 Å². The van der Waals surface area contributed by atoms with Crippen molar-refractivity contribution in [1.29, 1.82) is 0 Å². The van der Waals surface area contributed by atoms with Crippen molar-refractivity contribution in [2.45, 2.75) is 13.8 Å². The van der Waals surface area contributed by atoms with E-state index < -0.39 is 0 Å². The van der Waals surface area contributed by atoms with Gasteiger partial charge in [-0.05, 0) is 49.2 Å². The third kappa shape index (κ3) is 4.15. The third-order valence-electron chi connectivity index (χ3n) is 3.18. The number of rotatable bonds is 5. The van der Waals surface area contributed by atoms with Crippen molar-refractivity contribution in [3.8, 4) is 5.75 Å². The summed E-state index contributed by atoms with van der Waals surface area (Å²) < 4.78 is 5.63. The van der Waals surface area contributed by atoms with E-state index in [1.807, 2.05) is 26.0 Å². The highest BCUT2D eigenvalue weighted by atomic mass is 35.5. The Balaban J connectivity index is 1.85. The fourth-order valence-corrected chi connectivity index (χ4v) is 2.39. The molecule has 0 unspecified atom stereocenters. The van der Waals surface area contributed by atoms with Gasteiger partial charge < -0.3 is 10.1 Å². The predicted octanol–water partition coefficient (Wildman–Crippen LogP) is 4.42. The lowest BCUT2D eigenvalue weighted by Gasteiger charge is -2.11. The van der Waals surface area contributed by atoms with Crippen LogP contribution in [0.25, 0.3) is 0 Å². The van der Waals surface area contributed by atoms with Crippen LogP contribution < -0.4 is 10.1 Å². The lowest BCUT2D eigenvalue weighted by molar-refractivity contribution is 0.0947. The minimum absolute atomic E-state index is 0.210. The summed E-state index contributed by atoms with van der Waals surface area (Å²) >= 11 is 12.1. The van der Waals surface area contributed by atoms with Crippen molar-refractivity contribution in [2.24, 2.45) is 0 Å². The Morgan fingerprint density at radius 1 is 1.14 bits per heavy atom. The van der Waals surface area contributed by atoms with Gasteiger partial charge in [0.1, 0.15) is 12.4 Å². The monoisotopic (exact) mass is 337 g/mol. The molecule has 22 heavy (non-hydrogen) atoms. The number of carbonyl (C=O) groups excluding carboxylic acids is 1. The maximum absolute atomic E-state index is 12.0. The van der Waals surface area contributed by atoms with E-state index in [1.54, 1.807) is 24.3 Å². The van der Waals surface area contributed by atoms with Crippen LogP contribution in [0.2, 0.25) is 10.0 Å². The summed E-state index contributed by atoms with van der Waals surface area (Å²) in [5.74, 6) is 0.532. The zero-order chi connectivity index (χ0) is 16.1. The highest BCUT2D eigenvalue weighted by Crippen LogP contribution is 2.25. The van der Waals surface area contributed by atoms with E-state index in [1.165, 1.54) is 0 Å². The molecule has 0 spiro atoms. The Bertz CT molecular complexity index is 663. The zero-order valence-corrected chi connectivity index (χ0v) is 14.0. The molecular weight excluding hydrogens is 321 g/mol. The second kappa shape index (κ2) is 7.52. The number of nitrogens with one attached hydrogen (secondary N) is 1. The fourth-order valence-electron chi connectivity index (χ4n) is 2.06. The SMILES string of the molecule is Cc1cc(OCCNC(=O)c2ccccc2Cl)cc(C)c1Cl. The first-order valence-electron chi connectivity index (χ1n) is 6.91. The van der Waals surface area contributed by atoms with E-state index in [0.717, 1.165) is 21.9 Å². The van der Waals surface area contributed by atoms with Crippen molar-refractivity contribution >= 4 is 29.1 Å². The van der Waals surface area contributed by atoms with Gasteiger partial charge in [-0.2, -0.15) is 0 Å². The minimum atomic E-state index is -0.210. The van der Waals surface area contributed by atoms with E-state index in [9.17, 15) is 4.79 Å². The van der Waals surface area contributed by atoms with E-state index in [-0.39, 0.29) is 5.91 Å². The summed E-state index contributed by atoms with van der Waals surface area (Å²) in [4.78, 5) is 12.0. The molecule has 0 heterocycles. The molecule has 2 aromatic rings. The average Bonchev–Trinajstić information content (AvgIpc) is 2.49. The minimum Gasteiger partial charge on any atom is -0.492 e. The maximum atomic E-state index is 12.0. The largest absolute Gasteiger partial charge is 0.492 e. The molecule has 3 nitrogen and oxygen atoms in total. The molecule has 0 saturated heterocycles. The highest BCUT2D eigenvalue weighted by molar-refractivity contribution is 6.33. The Hall–Kier alpha value is -1.71. The zero-order valence-electron chi connectivity index (χ0n) is 12.5. The first-order valence-corrected chi connectivity index (χ1v) is 7.67. The Labute approximate surface area is 140 Å². The van der Waals surface area contributed by atoms with Crippen molar-refractivity contribution in [3.05, 3.63) is 63.1 Å². The van der Waals surface area contributed by atoms with E-state index in [0.29, 0.717) is 23.7 Å². The van der Waals surface area contributed by atoms with Crippen LogP contribution in [-0.4, -0.2) is 19.1 Å². The van der Waals surface area contributed by atoms with Gasteiger partial charge >= 0.3 is 0 Å². The highest BCUT2D eigenvalue weighted by Gasteiger charge is 2.08. The molecule has 0 bridgehead atoms. The smallest absolute Gasteiger partial charge is 0.252 e. The molecule has 5 heteroatoms. The van der Waals surface area contributed by atoms with Crippen LogP contribution in [-0.2, 0) is 0 Å². The maximum Gasteiger partial charge on any atom is 0.252 e. The van der Waals surface area contributed by atoms with Gasteiger partial charge in [-0.25, -0.2) is 0 Å². The molecule has 116 valence electrons. The second-order valence-corrected chi connectivity index (χ2v) is 5.74. The van der Waals surface area contributed by atoms with E-state index in [4.69, 9.17) is 27.9 Å². The van der Waals surface area contributed by atoms with Gasteiger partial charge in [-0.3, -0.25) is 4.79 Å². The molecule has 2 rings (SSSR count). The number of halogens is 2. The molecule has 2 aromatic carbocycles. The van der Waals surface area contributed by atoms with Gasteiger partial charge in [0.2, 0.25) is 0 Å². The van der Waals surface area contributed by atoms with E-state index in [2.05, 4.69) is 5.32 Å². The topological polar surface area (TPSA) is 38.3 Å². The number of hydrogen-bond donors (Lipinski definition) is 1. The first-order chi connectivity index (χ1) is 10.5. The number of benzene rings is 2. The summed E-state index contributed by atoms with van der Waals surface area (Å²) in [5, 5.41) is 3.96. The summed E-state index contributed by atoms with van der Waals surface area (Å²) in [6, 6.07) is 10.7. The average molecular weight is 338 g/mol. The molecular formula is C17H17Cl2NO2. The predicted molar refractivity (Wildman–Crippen MR) is 90.2 cm³/mol. The normalized spacial score (nSPS) is 10.4. The van der Waals surface area contributed by atoms with Crippen LogP contribution in [0.4, 0.5) is 0 Å².